The maximum Gasteiger partial charge on any atom is 0.260 e. The summed E-state index contributed by atoms with van der Waals surface area (Å²) < 4.78 is 13.9. The van der Waals surface area contributed by atoms with Crippen LogP contribution >= 0.6 is 11.6 Å². The van der Waals surface area contributed by atoms with Gasteiger partial charge in [-0.05, 0) is 50.2 Å². The average molecular weight is 400 g/mol. The maximum atomic E-state index is 13.9. The fraction of sp³-hybridized carbons (Fsp3) is 0.150. The molecule has 8 heteroatoms. The summed E-state index contributed by atoms with van der Waals surface area (Å²) >= 11 is 5.93. The Labute approximate surface area is 167 Å². The van der Waals surface area contributed by atoms with Gasteiger partial charge >= 0.3 is 0 Å². The van der Waals surface area contributed by atoms with Gasteiger partial charge in [-0.2, -0.15) is 4.98 Å². The van der Waals surface area contributed by atoms with Gasteiger partial charge in [0.1, 0.15) is 11.6 Å². The van der Waals surface area contributed by atoms with E-state index in [4.69, 9.17) is 11.6 Å². The van der Waals surface area contributed by atoms with Gasteiger partial charge in [0.25, 0.3) is 5.91 Å². The Morgan fingerprint density at radius 3 is 2.50 bits per heavy atom. The van der Waals surface area contributed by atoms with Gasteiger partial charge in [0.15, 0.2) is 0 Å². The number of halogens is 2. The fourth-order valence-corrected chi connectivity index (χ4v) is 2.81. The zero-order chi connectivity index (χ0) is 20.1. The second-order valence-electron chi connectivity index (χ2n) is 6.00. The summed E-state index contributed by atoms with van der Waals surface area (Å²) in [6.07, 6.45) is 0. The molecule has 1 heterocycles. The molecule has 0 atom stereocenters. The Morgan fingerprint density at radius 1 is 1.11 bits per heavy atom. The molecule has 0 radical (unpaired) electrons. The molecule has 3 aromatic rings. The van der Waals surface area contributed by atoms with Crippen molar-refractivity contribution < 1.29 is 9.18 Å². The molecule has 3 N–H and O–H groups in total. The fourth-order valence-electron chi connectivity index (χ4n) is 2.56. The molecule has 144 valence electrons. The van der Waals surface area contributed by atoms with Crippen LogP contribution in [0.2, 0.25) is 5.02 Å². The van der Waals surface area contributed by atoms with Gasteiger partial charge in [-0.3, -0.25) is 4.79 Å². The minimum Gasteiger partial charge on any atom is -0.354 e. The molecule has 3 rings (SSSR count). The molecule has 0 saturated carbocycles. The van der Waals surface area contributed by atoms with Crippen molar-refractivity contribution in [2.75, 3.05) is 22.5 Å². The summed E-state index contributed by atoms with van der Waals surface area (Å²) in [7, 11) is 0. The normalized spacial score (nSPS) is 10.4. The van der Waals surface area contributed by atoms with E-state index in [0.29, 0.717) is 17.5 Å². The van der Waals surface area contributed by atoms with Crippen molar-refractivity contribution in [1.82, 2.24) is 9.97 Å². The average Bonchev–Trinajstić information content (AvgIpc) is 2.63. The summed E-state index contributed by atoms with van der Waals surface area (Å²) in [5.74, 6) is -0.0709. The summed E-state index contributed by atoms with van der Waals surface area (Å²) in [4.78, 5) is 21.0. The summed E-state index contributed by atoms with van der Waals surface area (Å²) in [6.45, 7) is 4.59. The van der Waals surface area contributed by atoms with Crippen molar-refractivity contribution in [2.45, 2.75) is 13.8 Å². The van der Waals surface area contributed by atoms with Crippen molar-refractivity contribution in [2.24, 2.45) is 0 Å². The lowest BCUT2D eigenvalue weighted by Gasteiger charge is -2.11. The van der Waals surface area contributed by atoms with Crippen LogP contribution in [0.3, 0.4) is 0 Å². The quantitative estimate of drug-likeness (QED) is 0.543. The Morgan fingerprint density at radius 2 is 1.82 bits per heavy atom. The van der Waals surface area contributed by atoms with Gasteiger partial charge in [0, 0.05) is 29.7 Å². The number of carbonyl (C=O) groups excluding carboxylic acids is 1. The van der Waals surface area contributed by atoms with Gasteiger partial charge in [-0.1, -0.05) is 17.7 Å². The number of carbonyl (C=O) groups is 1. The molecule has 0 saturated heterocycles. The number of aromatic nitrogens is 2. The molecule has 1 amide bonds. The predicted octanol–water partition coefficient (Wildman–Crippen LogP) is 5.01. The molecule has 0 aliphatic rings. The third kappa shape index (κ3) is 4.75. The molecule has 2 aromatic carbocycles. The van der Waals surface area contributed by atoms with Crippen LogP contribution in [0.1, 0.15) is 23.0 Å². The Bertz CT molecular complexity index is 974. The smallest absolute Gasteiger partial charge is 0.260 e. The number of amides is 1. The summed E-state index contributed by atoms with van der Waals surface area (Å²) in [5.41, 5.74) is 1.95. The van der Waals surface area contributed by atoms with E-state index < -0.39 is 11.7 Å². The lowest BCUT2D eigenvalue weighted by atomic mass is 10.2. The van der Waals surface area contributed by atoms with Crippen LogP contribution in [-0.4, -0.2) is 22.4 Å². The van der Waals surface area contributed by atoms with E-state index in [9.17, 15) is 9.18 Å². The topological polar surface area (TPSA) is 78.9 Å². The first-order valence-electron chi connectivity index (χ1n) is 8.68. The second-order valence-corrected chi connectivity index (χ2v) is 6.41. The molecule has 0 aliphatic heterocycles. The third-order valence-corrected chi connectivity index (χ3v) is 4.11. The van der Waals surface area contributed by atoms with Crippen LogP contribution in [0.5, 0.6) is 0 Å². The van der Waals surface area contributed by atoms with Crippen LogP contribution < -0.4 is 16.0 Å². The summed E-state index contributed by atoms with van der Waals surface area (Å²) in [6, 6.07) is 12.9. The number of nitrogens with one attached hydrogen (secondary N) is 3. The van der Waals surface area contributed by atoms with E-state index in [0.717, 1.165) is 17.9 Å². The number of nitrogens with zero attached hydrogens (tertiary/aromatic N) is 2. The number of hydrogen-bond acceptors (Lipinski definition) is 5. The van der Waals surface area contributed by atoms with E-state index in [-0.39, 0.29) is 10.6 Å². The van der Waals surface area contributed by atoms with E-state index in [2.05, 4.69) is 25.9 Å². The molecule has 0 fully saturated rings. The lowest BCUT2D eigenvalue weighted by molar-refractivity contribution is 0.102. The molecule has 0 bridgehead atoms. The van der Waals surface area contributed by atoms with Gasteiger partial charge < -0.3 is 16.0 Å². The highest BCUT2D eigenvalue weighted by Gasteiger charge is 2.15. The van der Waals surface area contributed by atoms with E-state index >= 15 is 0 Å². The Kier molecular flexibility index (Phi) is 6.06. The van der Waals surface area contributed by atoms with Crippen molar-refractivity contribution >= 4 is 40.6 Å². The number of anilines is 4. The molecule has 6 nitrogen and oxygen atoms in total. The van der Waals surface area contributed by atoms with Crippen LogP contribution in [0.15, 0.2) is 48.5 Å². The number of rotatable bonds is 6. The predicted molar refractivity (Wildman–Crippen MR) is 110 cm³/mol. The molecule has 0 spiro atoms. The van der Waals surface area contributed by atoms with Crippen molar-refractivity contribution in [1.29, 1.82) is 0 Å². The third-order valence-electron chi connectivity index (χ3n) is 3.79. The van der Waals surface area contributed by atoms with E-state index in [1.807, 2.05) is 19.9 Å². The van der Waals surface area contributed by atoms with Gasteiger partial charge in [0.05, 0.1) is 10.6 Å². The van der Waals surface area contributed by atoms with Crippen LogP contribution in [0.25, 0.3) is 0 Å². The minimum absolute atomic E-state index is 0.0615. The van der Waals surface area contributed by atoms with Gasteiger partial charge in [0.2, 0.25) is 5.95 Å². The van der Waals surface area contributed by atoms with Crippen LogP contribution in [-0.2, 0) is 0 Å². The van der Waals surface area contributed by atoms with E-state index in [1.54, 1.807) is 24.3 Å². The molecule has 0 aliphatic carbocycles. The molecule has 0 unspecified atom stereocenters. The van der Waals surface area contributed by atoms with Crippen molar-refractivity contribution in [3.8, 4) is 0 Å². The minimum atomic E-state index is -0.668. The largest absolute Gasteiger partial charge is 0.354 e. The Hall–Kier alpha value is -3.19. The number of hydrogen-bond donors (Lipinski definition) is 3. The highest BCUT2D eigenvalue weighted by Crippen LogP contribution is 2.22. The number of benzene rings is 2. The number of aryl methyl sites for hydroxylation is 1. The molecule has 28 heavy (non-hydrogen) atoms. The molecule has 1 aromatic heterocycles. The first-order valence-corrected chi connectivity index (χ1v) is 9.06. The molecular formula is C20H19ClFN5O. The van der Waals surface area contributed by atoms with Crippen molar-refractivity contribution in [3.63, 3.8) is 0 Å². The first kappa shape index (κ1) is 19.6. The van der Waals surface area contributed by atoms with Crippen LogP contribution in [0, 0.1) is 12.7 Å². The summed E-state index contributed by atoms with van der Waals surface area (Å²) in [5, 5.41) is 8.97. The van der Waals surface area contributed by atoms with E-state index in [1.165, 1.54) is 18.2 Å². The lowest BCUT2D eigenvalue weighted by Crippen LogP contribution is -2.14. The van der Waals surface area contributed by atoms with Gasteiger partial charge in [-0.25, -0.2) is 9.37 Å². The zero-order valence-corrected chi connectivity index (χ0v) is 16.1. The second kappa shape index (κ2) is 8.67. The SMILES string of the molecule is CCNc1nc(C)cc(Nc2ccc(NC(=O)c3c(F)cccc3Cl)cc2)n1. The highest BCUT2D eigenvalue weighted by atomic mass is 35.5. The highest BCUT2D eigenvalue weighted by molar-refractivity contribution is 6.34. The Balaban J connectivity index is 1.71. The van der Waals surface area contributed by atoms with Crippen LogP contribution in [0.4, 0.5) is 27.5 Å². The first-order chi connectivity index (χ1) is 13.5. The standard InChI is InChI=1S/C20H19ClFN5O/c1-3-23-20-24-12(2)11-17(27-20)25-13-7-9-14(10-8-13)26-19(28)18-15(21)5-4-6-16(18)22/h4-11H,3H2,1-2H3,(H,26,28)(H2,23,24,25,27). The van der Waals surface area contributed by atoms with Gasteiger partial charge in [-0.15, -0.1) is 0 Å². The zero-order valence-electron chi connectivity index (χ0n) is 15.4. The maximum absolute atomic E-state index is 13.9. The molecular weight excluding hydrogens is 381 g/mol. The monoisotopic (exact) mass is 399 g/mol. The van der Waals surface area contributed by atoms with Crippen molar-refractivity contribution in [3.05, 3.63) is 70.6 Å².